The number of amides is 2. The molecule has 3 saturated heterocycles. The van der Waals surface area contributed by atoms with Crippen molar-refractivity contribution in [1.29, 1.82) is 0 Å². The Hall–Kier alpha value is -1.63. The summed E-state index contributed by atoms with van der Waals surface area (Å²) in [6.45, 7) is 5.49. The number of ether oxygens (including phenoxy) is 1. The van der Waals surface area contributed by atoms with Gasteiger partial charge in [-0.15, -0.1) is 0 Å². The molecule has 0 bridgehead atoms. The molecule has 0 aromatic heterocycles. The summed E-state index contributed by atoms with van der Waals surface area (Å²) in [6, 6.07) is 7.70. The first-order valence-corrected chi connectivity index (χ1v) is 10.6. The average Bonchev–Trinajstić information content (AvgIpc) is 3.26. The molecule has 0 aliphatic carbocycles. The van der Waals surface area contributed by atoms with E-state index in [0.29, 0.717) is 31.0 Å². The first-order valence-electron chi connectivity index (χ1n) is 10.2. The maximum atomic E-state index is 13.4. The number of morpholine rings is 1. The highest BCUT2D eigenvalue weighted by Gasteiger charge is 2.54. The van der Waals surface area contributed by atoms with Crippen LogP contribution in [0.5, 0.6) is 0 Å². The standard InChI is InChI=1S/C21H28ClN3O3/c22-18-5-2-1-4-17(18)21(14-16-6-7-19(26)25(16)15-21)20(27)23-8-3-9-24-10-12-28-13-11-24/h1-2,4-5,16H,3,6-15H2,(H,23,27)/t16-,21-/m0/s1. The molecular weight excluding hydrogens is 378 g/mol. The van der Waals surface area contributed by atoms with E-state index in [0.717, 1.165) is 51.3 Å². The summed E-state index contributed by atoms with van der Waals surface area (Å²) in [5.74, 6) is 0.142. The molecule has 0 saturated carbocycles. The molecule has 1 aromatic rings. The molecule has 1 aromatic carbocycles. The smallest absolute Gasteiger partial charge is 0.232 e. The van der Waals surface area contributed by atoms with E-state index in [-0.39, 0.29) is 17.9 Å². The number of hydrogen-bond acceptors (Lipinski definition) is 4. The molecule has 3 aliphatic rings. The summed E-state index contributed by atoms with van der Waals surface area (Å²) in [4.78, 5) is 29.9. The van der Waals surface area contributed by atoms with E-state index < -0.39 is 5.41 Å². The van der Waals surface area contributed by atoms with Gasteiger partial charge in [0, 0.05) is 43.7 Å². The maximum absolute atomic E-state index is 13.4. The van der Waals surface area contributed by atoms with Gasteiger partial charge in [-0.3, -0.25) is 14.5 Å². The zero-order chi connectivity index (χ0) is 19.6. The molecule has 0 unspecified atom stereocenters. The highest BCUT2D eigenvalue weighted by molar-refractivity contribution is 6.31. The lowest BCUT2D eigenvalue weighted by molar-refractivity contribution is -0.129. The minimum Gasteiger partial charge on any atom is -0.379 e. The molecule has 3 heterocycles. The molecule has 152 valence electrons. The largest absolute Gasteiger partial charge is 0.379 e. The summed E-state index contributed by atoms with van der Waals surface area (Å²) >= 11 is 6.49. The van der Waals surface area contributed by atoms with Crippen LogP contribution in [0.3, 0.4) is 0 Å². The third-order valence-electron chi connectivity index (χ3n) is 6.34. The summed E-state index contributed by atoms with van der Waals surface area (Å²) in [7, 11) is 0. The Kier molecular flexibility index (Phi) is 5.90. The highest BCUT2D eigenvalue weighted by atomic mass is 35.5. The molecule has 6 nitrogen and oxygen atoms in total. The molecule has 1 N–H and O–H groups in total. The first kappa shape index (κ1) is 19.7. The van der Waals surface area contributed by atoms with Gasteiger partial charge in [0.25, 0.3) is 0 Å². The van der Waals surface area contributed by atoms with Crippen LogP contribution in [0.25, 0.3) is 0 Å². The van der Waals surface area contributed by atoms with E-state index in [9.17, 15) is 9.59 Å². The Morgan fingerprint density at radius 2 is 2.07 bits per heavy atom. The van der Waals surface area contributed by atoms with Gasteiger partial charge < -0.3 is 15.0 Å². The Balaban J connectivity index is 1.44. The lowest BCUT2D eigenvalue weighted by atomic mass is 9.76. The lowest BCUT2D eigenvalue weighted by Crippen LogP contribution is -2.48. The van der Waals surface area contributed by atoms with Gasteiger partial charge in [0.15, 0.2) is 0 Å². The van der Waals surface area contributed by atoms with Gasteiger partial charge in [-0.25, -0.2) is 0 Å². The van der Waals surface area contributed by atoms with Crippen LogP contribution in [-0.2, 0) is 19.7 Å². The Labute approximate surface area is 171 Å². The summed E-state index contributed by atoms with van der Waals surface area (Å²) < 4.78 is 5.37. The van der Waals surface area contributed by atoms with Crippen molar-refractivity contribution in [2.75, 3.05) is 45.9 Å². The number of fused-ring (bicyclic) bond motifs is 1. The van der Waals surface area contributed by atoms with Crippen LogP contribution < -0.4 is 5.32 Å². The highest BCUT2D eigenvalue weighted by Crippen LogP contribution is 2.45. The number of halogens is 1. The van der Waals surface area contributed by atoms with Gasteiger partial charge >= 0.3 is 0 Å². The molecule has 0 radical (unpaired) electrons. The van der Waals surface area contributed by atoms with Crippen molar-refractivity contribution in [3.63, 3.8) is 0 Å². The Morgan fingerprint density at radius 3 is 2.82 bits per heavy atom. The van der Waals surface area contributed by atoms with Crippen LogP contribution >= 0.6 is 11.6 Å². The van der Waals surface area contributed by atoms with Crippen LogP contribution in [0.15, 0.2) is 24.3 Å². The van der Waals surface area contributed by atoms with E-state index in [1.54, 1.807) is 0 Å². The van der Waals surface area contributed by atoms with Crippen molar-refractivity contribution in [1.82, 2.24) is 15.1 Å². The van der Waals surface area contributed by atoms with Gasteiger partial charge in [-0.05, 0) is 37.4 Å². The summed E-state index contributed by atoms with van der Waals surface area (Å²) in [5.41, 5.74) is 0.0856. The molecule has 2 atom stereocenters. The minimum atomic E-state index is -0.752. The van der Waals surface area contributed by atoms with Gasteiger partial charge in [0.2, 0.25) is 11.8 Å². The van der Waals surface area contributed by atoms with Crippen LogP contribution in [0.1, 0.15) is 31.2 Å². The second-order valence-corrected chi connectivity index (χ2v) is 8.45. The Bertz CT molecular complexity index is 737. The molecule has 3 fully saturated rings. The topological polar surface area (TPSA) is 61.9 Å². The quantitative estimate of drug-likeness (QED) is 0.733. The zero-order valence-corrected chi connectivity index (χ0v) is 16.9. The van der Waals surface area contributed by atoms with Crippen molar-refractivity contribution in [3.05, 3.63) is 34.9 Å². The van der Waals surface area contributed by atoms with Crippen LogP contribution in [0, 0.1) is 0 Å². The van der Waals surface area contributed by atoms with Gasteiger partial charge in [-0.2, -0.15) is 0 Å². The van der Waals surface area contributed by atoms with E-state index in [4.69, 9.17) is 16.3 Å². The fourth-order valence-electron chi connectivity index (χ4n) is 4.81. The summed E-state index contributed by atoms with van der Waals surface area (Å²) in [6.07, 6.45) is 2.97. The van der Waals surface area contributed by atoms with E-state index >= 15 is 0 Å². The number of nitrogens with zero attached hydrogens (tertiary/aromatic N) is 2. The normalized spacial score (nSPS) is 27.8. The molecular formula is C21H28ClN3O3. The lowest BCUT2D eigenvalue weighted by Gasteiger charge is -2.30. The third kappa shape index (κ3) is 3.78. The van der Waals surface area contributed by atoms with Crippen molar-refractivity contribution in [2.45, 2.75) is 37.1 Å². The van der Waals surface area contributed by atoms with Crippen molar-refractivity contribution < 1.29 is 14.3 Å². The fourth-order valence-corrected chi connectivity index (χ4v) is 5.13. The Morgan fingerprint density at radius 1 is 1.29 bits per heavy atom. The summed E-state index contributed by atoms with van der Waals surface area (Å²) in [5, 5.41) is 3.74. The van der Waals surface area contributed by atoms with Gasteiger partial charge in [0.05, 0.1) is 18.6 Å². The first-order chi connectivity index (χ1) is 13.6. The zero-order valence-electron chi connectivity index (χ0n) is 16.2. The number of benzene rings is 1. The van der Waals surface area contributed by atoms with Crippen molar-refractivity contribution >= 4 is 23.4 Å². The predicted octanol–water partition coefficient (Wildman–Crippen LogP) is 1.81. The van der Waals surface area contributed by atoms with Gasteiger partial charge in [0.1, 0.15) is 0 Å². The van der Waals surface area contributed by atoms with Crippen LogP contribution in [0.2, 0.25) is 5.02 Å². The number of nitrogens with one attached hydrogen (secondary N) is 1. The number of rotatable bonds is 6. The van der Waals surface area contributed by atoms with Crippen molar-refractivity contribution in [2.24, 2.45) is 0 Å². The monoisotopic (exact) mass is 405 g/mol. The van der Waals surface area contributed by atoms with Crippen LogP contribution in [0.4, 0.5) is 0 Å². The van der Waals surface area contributed by atoms with E-state index in [2.05, 4.69) is 10.2 Å². The second-order valence-electron chi connectivity index (χ2n) is 8.04. The van der Waals surface area contributed by atoms with Crippen molar-refractivity contribution in [3.8, 4) is 0 Å². The molecule has 7 heteroatoms. The third-order valence-corrected chi connectivity index (χ3v) is 6.67. The average molecular weight is 406 g/mol. The molecule has 2 amide bonds. The van der Waals surface area contributed by atoms with E-state index in [1.165, 1.54) is 0 Å². The van der Waals surface area contributed by atoms with E-state index in [1.807, 2.05) is 29.2 Å². The van der Waals surface area contributed by atoms with Gasteiger partial charge in [-0.1, -0.05) is 29.8 Å². The number of hydrogen-bond donors (Lipinski definition) is 1. The minimum absolute atomic E-state index is 0.00947. The number of carbonyl (C=O) groups excluding carboxylic acids is 2. The van der Waals surface area contributed by atoms with Crippen LogP contribution in [-0.4, -0.2) is 73.6 Å². The predicted molar refractivity (Wildman–Crippen MR) is 107 cm³/mol. The second kappa shape index (κ2) is 8.39. The molecule has 0 spiro atoms. The molecule has 28 heavy (non-hydrogen) atoms. The molecule has 4 rings (SSSR count). The fraction of sp³-hybridized carbons (Fsp3) is 0.619. The molecule has 3 aliphatic heterocycles. The number of carbonyl (C=O) groups is 2. The maximum Gasteiger partial charge on any atom is 0.232 e. The SMILES string of the molecule is O=C1CC[C@H]2C[C@@](C(=O)NCCCN3CCOCC3)(c3ccccc3Cl)CN12.